The van der Waals surface area contributed by atoms with Crippen LogP contribution in [0.4, 0.5) is 20.1 Å². The van der Waals surface area contributed by atoms with E-state index >= 15 is 0 Å². The smallest absolute Gasteiger partial charge is 0.410 e. The molecule has 3 rings (SSSR count). The van der Waals surface area contributed by atoms with E-state index in [1.54, 1.807) is 53.8 Å². The van der Waals surface area contributed by atoms with Gasteiger partial charge in [0, 0.05) is 25.8 Å². The summed E-state index contributed by atoms with van der Waals surface area (Å²) < 4.78 is 17.8. The highest BCUT2D eigenvalue weighted by molar-refractivity contribution is 6.99. The van der Waals surface area contributed by atoms with Gasteiger partial charge in [0.25, 0.3) is 8.32 Å². The predicted octanol–water partition coefficient (Wildman–Crippen LogP) is 5.39. The molecule has 3 aromatic carbocycles. The van der Waals surface area contributed by atoms with Gasteiger partial charge in [-0.25, -0.2) is 14.4 Å². The zero-order valence-corrected chi connectivity index (χ0v) is 37.3. The molecule has 0 bridgehead atoms. The van der Waals surface area contributed by atoms with Gasteiger partial charge in [-0.05, 0) is 78.2 Å². The molecule has 6 N–H and O–H groups in total. The molecule has 6 amide bonds. The van der Waals surface area contributed by atoms with Gasteiger partial charge in [0.2, 0.25) is 11.8 Å². The van der Waals surface area contributed by atoms with Crippen LogP contribution in [0.2, 0.25) is 5.04 Å². The molecule has 14 nitrogen and oxygen atoms in total. The Morgan fingerprint density at radius 1 is 0.850 bits per heavy atom. The molecular weight excluding hydrogens is 781 g/mol. The van der Waals surface area contributed by atoms with Crippen LogP contribution in [-0.4, -0.2) is 81.1 Å². The number of terminal acetylenes is 1. The van der Waals surface area contributed by atoms with Crippen LogP contribution >= 0.6 is 0 Å². The first-order valence-electron chi connectivity index (χ1n) is 20.0. The monoisotopic (exact) mass is 842 g/mol. The Morgan fingerprint density at radius 2 is 1.45 bits per heavy atom. The lowest BCUT2D eigenvalue weighted by Gasteiger charge is -2.43. The first-order chi connectivity index (χ1) is 28.2. The number of hydrogen-bond donors (Lipinski definition) is 5. The van der Waals surface area contributed by atoms with Crippen molar-refractivity contribution in [3.63, 3.8) is 0 Å². The van der Waals surface area contributed by atoms with Crippen LogP contribution < -0.4 is 37.4 Å². The molecule has 2 unspecified atom stereocenters. The van der Waals surface area contributed by atoms with Gasteiger partial charge in [-0.3, -0.25) is 9.59 Å². The van der Waals surface area contributed by atoms with Crippen molar-refractivity contribution in [2.75, 3.05) is 25.5 Å². The second kappa shape index (κ2) is 21.9. The van der Waals surface area contributed by atoms with Crippen LogP contribution in [0.1, 0.15) is 79.4 Å². The number of anilines is 1. The highest BCUT2D eigenvalue weighted by Crippen LogP contribution is 2.37. The van der Waals surface area contributed by atoms with Gasteiger partial charge in [0.15, 0.2) is 6.61 Å². The molecule has 0 aliphatic heterocycles. The maximum absolute atomic E-state index is 14.0. The summed E-state index contributed by atoms with van der Waals surface area (Å²) in [6.07, 6.45) is 4.35. The van der Waals surface area contributed by atoms with Crippen molar-refractivity contribution in [3.8, 4) is 12.3 Å². The molecule has 0 saturated carbocycles. The lowest BCUT2D eigenvalue weighted by molar-refractivity contribution is -0.128. The molecule has 0 radical (unpaired) electrons. The number of benzene rings is 3. The summed E-state index contributed by atoms with van der Waals surface area (Å²) in [4.78, 5) is 66.0. The molecule has 15 heteroatoms. The van der Waals surface area contributed by atoms with E-state index in [9.17, 15) is 24.0 Å². The minimum absolute atomic E-state index is 0.0813. The number of amides is 6. The summed E-state index contributed by atoms with van der Waals surface area (Å²) in [5.74, 6) is 0.801. The molecule has 0 aliphatic rings. The van der Waals surface area contributed by atoms with Gasteiger partial charge in [-0.1, -0.05) is 107 Å². The third kappa shape index (κ3) is 14.2. The number of rotatable bonds is 18. The number of primary amides is 1. The fraction of sp³-hybridized carbons (Fsp3) is 0.444. The van der Waals surface area contributed by atoms with Crippen molar-refractivity contribution < 1.29 is 37.9 Å². The van der Waals surface area contributed by atoms with E-state index in [4.69, 9.17) is 26.1 Å². The van der Waals surface area contributed by atoms with Crippen LogP contribution in [-0.2, 0) is 36.6 Å². The Labute approximate surface area is 355 Å². The largest absolute Gasteiger partial charge is 0.444 e. The second-order valence-corrected chi connectivity index (χ2v) is 21.2. The Balaban J connectivity index is 2.02. The number of urea groups is 1. The van der Waals surface area contributed by atoms with Crippen molar-refractivity contribution in [3.05, 3.63) is 90.0 Å². The Hall–Kier alpha value is -5.85. The molecule has 2 atom stereocenters. The Kier molecular flexibility index (Phi) is 17.7. The van der Waals surface area contributed by atoms with E-state index in [1.165, 1.54) is 4.90 Å². The fourth-order valence-corrected chi connectivity index (χ4v) is 11.2. The van der Waals surface area contributed by atoms with Crippen LogP contribution in [0.15, 0.2) is 78.9 Å². The van der Waals surface area contributed by atoms with Crippen molar-refractivity contribution in [2.24, 2.45) is 11.7 Å². The van der Waals surface area contributed by atoms with Gasteiger partial charge in [-0.15, -0.1) is 6.42 Å². The molecule has 60 heavy (non-hydrogen) atoms. The van der Waals surface area contributed by atoms with Gasteiger partial charge < -0.3 is 45.8 Å². The highest BCUT2D eigenvalue weighted by atomic mass is 28.4. The number of carbonyl (C=O) groups is 5. The van der Waals surface area contributed by atoms with Crippen molar-refractivity contribution >= 4 is 54.4 Å². The molecule has 0 heterocycles. The van der Waals surface area contributed by atoms with Crippen molar-refractivity contribution in [2.45, 2.75) is 104 Å². The maximum atomic E-state index is 14.0. The number of hydrogen-bond acceptors (Lipinski definition) is 8. The lowest BCUT2D eigenvalue weighted by Crippen LogP contribution is -2.66. The third-order valence-electron chi connectivity index (χ3n) is 9.56. The van der Waals surface area contributed by atoms with E-state index in [0.29, 0.717) is 17.7 Å². The van der Waals surface area contributed by atoms with Crippen LogP contribution in [0.5, 0.6) is 0 Å². The minimum atomic E-state index is -2.97. The van der Waals surface area contributed by atoms with Gasteiger partial charge in [0.1, 0.15) is 17.7 Å². The summed E-state index contributed by atoms with van der Waals surface area (Å²) in [7, 11) is -1.39. The van der Waals surface area contributed by atoms with Crippen molar-refractivity contribution in [1.29, 1.82) is 0 Å². The van der Waals surface area contributed by atoms with Gasteiger partial charge >= 0.3 is 18.2 Å². The number of ether oxygens (including phenoxy) is 2. The molecule has 0 aliphatic carbocycles. The van der Waals surface area contributed by atoms with Crippen LogP contribution in [0.3, 0.4) is 0 Å². The fourth-order valence-electron chi connectivity index (χ4n) is 6.72. The molecule has 0 aromatic heterocycles. The first kappa shape index (κ1) is 48.5. The topological polar surface area (TPSA) is 190 Å². The van der Waals surface area contributed by atoms with Crippen molar-refractivity contribution in [1.82, 2.24) is 20.9 Å². The lowest BCUT2D eigenvalue weighted by atomic mass is 10.0. The summed E-state index contributed by atoms with van der Waals surface area (Å²) in [5, 5.41) is 12.7. The standard InChI is InChI=1S/C45H62N6O8Si/c1-11-27-57-43(56)51(10)29-33-28-34(25-24-32(33)30-58-60(45(7,8)9,35-19-14-12-15-20-35)36-21-16-13-17-22-36)48-39(52)37(23-18-26-47-41(46)54)49-40(53)38(31(2)3)50-42(55)59-44(4,5)6/h1,12-17,19-22,24-25,28,31,37-38H,18,23,26-27,29-30H2,2-10H3,(H,48,52)(H,49,53)(H,50,55)(H3,46,47,54). The average Bonchev–Trinajstić information content (AvgIpc) is 3.17. The quantitative estimate of drug-likeness (QED) is 0.0641. The maximum Gasteiger partial charge on any atom is 0.410 e. The molecular formula is C45H62N6O8Si. The number of alkyl carbamates (subject to hydrolysis) is 1. The molecule has 0 spiro atoms. The molecule has 0 fully saturated rings. The zero-order valence-electron chi connectivity index (χ0n) is 36.3. The minimum Gasteiger partial charge on any atom is -0.444 e. The van der Waals surface area contributed by atoms with E-state index in [0.717, 1.165) is 15.9 Å². The van der Waals surface area contributed by atoms with E-state index in [1.807, 2.05) is 42.5 Å². The Morgan fingerprint density at radius 3 is 1.97 bits per heavy atom. The number of nitrogens with one attached hydrogen (secondary N) is 4. The summed E-state index contributed by atoms with van der Waals surface area (Å²) >= 11 is 0. The average molecular weight is 843 g/mol. The molecule has 324 valence electrons. The summed E-state index contributed by atoms with van der Waals surface area (Å²) in [5.41, 5.74) is 6.27. The third-order valence-corrected chi connectivity index (χ3v) is 14.5. The van der Waals surface area contributed by atoms with Gasteiger partial charge in [-0.2, -0.15) is 0 Å². The normalized spacial score (nSPS) is 12.6. The summed E-state index contributed by atoms with van der Waals surface area (Å²) in [6.45, 7) is 15.4. The van der Waals surface area contributed by atoms with E-state index in [-0.39, 0.29) is 43.7 Å². The zero-order chi connectivity index (χ0) is 44.7. The second-order valence-electron chi connectivity index (χ2n) is 16.9. The Bertz CT molecular complexity index is 1920. The highest BCUT2D eigenvalue weighted by Gasteiger charge is 2.50. The summed E-state index contributed by atoms with van der Waals surface area (Å²) in [6, 6.07) is 22.9. The van der Waals surface area contributed by atoms with E-state index in [2.05, 4.69) is 72.2 Å². The number of nitrogens with zero attached hydrogens (tertiary/aromatic N) is 1. The van der Waals surface area contributed by atoms with Gasteiger partial charge in [0.05, 0.1) is 6.61 Å². The van der Waals surface area contributed by atoms with Crippen LogP contribution in [0, 0.1) is 18.3 Å². The SMILES string of the molecule is C#CCOC(=O)N(C)Cc1cc(NC(=O)C(CCCNC(N)=O)NC(=O)C(NC(=O)OC(C)(C)C)C(C)C)ccc1CO[Si](c1ccccc1)(c1ccccc1)C(C)(C)C. The number of carbonyl (C=O) groups excluding carboxylic acids is 5. The van der Waals surface area contributed by atoms with Crippen LogP contribution in [0.25, 0.3) is 0 Å². The predicted molar refractivity (Wildman–Crippen MR) is 236 cm³/mol. The molecule has 0 saturated heterocycles. The first-order valence-corrected chi connectivity index (χ1v) is 21.9. The van der Waals surface area contributed by atoms with E-state index < -0.39 is 56.0 Å². The molecule has 3 aromatic rings. The number of nitrogens with two attached hydrogens (primary N) is 1.